The zero-order chi connectivity index (χ0) is 20.7. The van der Waals surface area contributed by atoms with Gasteiger partial charge < -0.3 is 10.0 Å². The van der Waals surface area contributed by atoms with E-state index in [1.54, 1.807) is 0 Å². The molecule has 3 aliphatic carbocycles. The van der Waals surface area contributed by atoms with E-state index >= 15 is 0 Å². The van der Waals surface area contributed by atoms with E-state index in [4.69, 9.17) is 0 Å². The van der Waals surface area contributed by atoms with E-state index in [0.29, 0.717) is 30.6 Å². The number of carboxylic acids is 1. The van der Waals surface area contributed by atoms with Crippen molar-refractivity contribution in [3.05, 3.63) is 0 Å². The molecule has 1 amide bonds. The fourth-order valence-corrected chi connectivity index (χ4v) is 7.12. The Balaban J connectivity index is 1.84. The van der Waals surface area contributed by atoms with Crippen LogP contribution in [0.3, 0.4) is 0 Å². The van der Waals surface area contributed by atoms with Crippen molar-refractivity contribution in [3.8, 4) is 0 Å². The minimum Gasteiger partial charge on any atom is -0.481 e. The molecule has 0 unspecified atom stereocenters. The van der Waals surface area contributed by atoms with Crippen LogP contribution in [0.25, 0.3) is 0 Å². The molecule has 3 aliphatic rings. The number of carbonyl (C=O) groups excluding carboxylic acids is 2. The standard InChI is InChI=1S/C23H37NO4/c1-5-24(6-2)21(28)18-9-8-16-15-7-10-19(25)23(4,14-12-20(26)27)17(15)11-13-22(16,18)3/h15-18H,5-14H2,1-4H3,(H,26,27)/t15-,16+,17+,18+,22-,23-/m0/s1. The van der Waals surface area contributed by atoms with Crippen molar-refractivity contribution in [3.63, 3.8) is 0 Å². The fourth-order valence-electron chi connectivity index (χ4n) is 7.12. The third-order valence-electron chi connectivity index (χ3n) is 8.83. The second-order valence-corrected chi connectivity index (χ2v) is 9.83. The molecular formula is C23H37NO4. The van der Waals surface area contributed by atoms with Crippen molar-refractivity contribution in [2.75, 3.05) is 13.1 Å². The molecule has 1 N–H and O–H groups in total. The average Bonchev–Trinajstić information content (AvgIpc) is 3.01. The molecular weight excluding hydrogens is 354 g/mol. The average molecular weight is 392 g/mol. The molecule has 28 heavy (non-hydrogen) atoms. The van der Waals surface area contributed by atoms with E-state index in [2.05, 4.69) is 6.92 Å². The molecule has 3 fully saturated rings. The molecule has 3 saturated carbocycles. The van der Waals surface area contributed by atoms with Crippen LogP contribution in [0.4, 0.5) is 0 Å². The van der Waals surface area contributed by atoms with Crippen LogP contribution in [0.15, 0.2) is 0 Å². The van der Waals surface area contributed by atoms with Crippen LogP contribution >= 0.6 is 0 Å². The lowest BCUT2D eigenvalue weighted by Gasteiger charge is -2.55. The molecule has 3 rings (SSSR count). The van der Waals surface area contributed by atoms with Crippen LogP contribution < -0.4 is 0 Å². The van der Waals surface area contributed by atoms with Gasteiger partial charge in [-0.1, -0.05) is 13.8 Å². The van der Waals surface area contributed by atoms with Gasteiger partial charge in [0.2, 0.25) is 5.91 Å². The number of hydrogen-bond acceptors (Lipinski definition) is 3. The maximum Gasteiger partial charge on any atom is 0.303 e. The summed E-state index contributed by atoms with van der Waals surface area (Å²) in [6, 6.07) is 0. The van der Waals surface area contributed by atoms with Gasteiger partial charge in [-0.25, -0.2) is 0 Å². The van der Waals surface area contributed by atoms with Crippen molar-refractivity contribution in [2.24, 2.45) is 34.5 Å². The lowest BCUT2D eigenvalue weighted by Crippen LogP contribution is -2.53. The van der Waals surface area contributed by atoms with E-state index in [9.17, 15) is 19.5 Å². The lowest BCUT2D eigenvalue weighted by molar-refractivity contribution is -0.152. The molecule has 0 bridgehead atoms. The second kappa shape index (κ2) is 7.79. The van der Waals surface area contributed by atoms with E-state index < -0.39 is 11.4 Å². The monoisotopic (exact) mass is 391 g/mol. The van der Waals surface area contributed by atoms with Gasteiger partial charge in [-0.2, -0.15) is 0 Å². The number of fused-ring (bicyclic) bond motifs is 3. The highest BCUT2D eigenvalue weighted by Gasteiger charge is 2.60. The van der Waals surface area contributed by atoms with Gasteiger partial charge in [0.05, 0.1) is 0 Å². The van der Waals surface area contributed by atoms with E-state index in [-0.39, 0.29) is 29.5 Å². The molecule has 0 saturated heterocycles. The Morgan fingerprint density at radius 3 is 2.36 bits per heavy atom. The van der Waals surface area contributed by atoms with Gasteiger partial charge in [-0.15, -0.1) is 0 Å². The smallest absolute Gasteiger partial charge is 0.303 e. The fraction of sp³-hybridized carbons (Fsp3) is 0.870. The van der Waals surface area contributed by atoms with Gasteiger partial charge in [0, 0.05) is 37.3 Å². The third kappa shape index (κ3) is 3.29. The van der Waals surface area contributed by atoms with Gasteiger partial charge in [-0.3, -0.25) is 14.4 Å². The van der Waals surface area contributed by atoms with E-state index in [0.717, 1.165) is 45.2 Å². The van der Waals surface area contributed by atoms with Crippen molar-refractivity contribution in [1.82, 2.24) is 4.90 Å². The largest absolute Gasteiger partial charge is 0.481 e. The highest BCUT2D eigenvalue weighted by molar-refractivity contribution is 5.86. The Morgan fingerprint density at radius 1 is 1.07 bits per heavy atom. The van der Waals surface area contributed by atoms with E-state index in [1.165, 1.54) is 0 Å². The zero-order valence-electron chi connectivity index (χ0n) is 18.0. The Morgan fingerprint density at radius 2 is 1.75 bits per heavy atom. The first-order valence-electron chi connectivity index (χ1n) is 11.2. The SMILES string of the molecule is CCN(CC)C(=O)[C@H]1CC[C@@H]2[C@@H]3CCC(=O)[C@@](C)(CCC(=O)O)[C@@H]3CC[C@]12C. The van der Waals surface area contributed by atoms with Gasteiger partial charge >= 0.3 is 5.97 Å². The van der Waals surface area contributed by atoms with Gasteiger partial charge in [0.1, 0.15) is 5.78 Å². The van der Waals surface area contributed by atoms with Gasteiger partial charge in [-0.05, 0) is 75.5 Å². The number of carboxylic acid groups (broad SMARTS) is 1. The van der Waals surface area contributed by atoms with E-state index in [1.807, 2.05) is 25.7 Å². The highest BCUT2D eigenvalue weighted by atomic mass is 16.4. The number of aliphatic carboxylic acids is 1. The van der Waals surface area contributed by atoms with Crippen LogP contribution in [0.1, 0.15) is 79.1 Å². The Labute approximate surface area is 169 Å². The van der Waals surface area contributed by atoms with Crippen LogP contribution in [0, 0.1) is 34.5 Å². The molecule has 0 aliphatic heterocycles. The van der Waals surface area contributed by atoms with Crippen LogP contribution in [-0.4, -0.2) is 40.8 Å². The first-order chi connectivity index (χ1) is 13.2. The Hall–Kier alpha value is -1.39. The summed E-state index contributed by atoms with van der Waals surface area (Å²) in [6.45, 7) is 9.96. The molecule has 0 aromatic carbocycles. The summed E-state index contributed by atoms with van der Waals surface area (Å²) in [5.74, 6) is 1.05. The number of carbonyl (C=O) groups is 3. The van der Waals surface area contributed by atoms with Crippen LogP contribution in [0.2, 0.25) is 0 Å². The zero-order valence-corrected chi connectivity index (χ0v) is 18.0. The van der Waals surface area contributed by atoms with Crippen molar-refractivity contribution in [2.45, 2.75) is 79.1 Å². The third-order valence-corrected chi connectivity index (χ3v) is 8.83. The number of rotatable bonds is 6. The normalized spacial score (nSPS) is 39.9. The molecule has 158 valence electrons. The van der Waals surface area contributed by atoms with Crippen LogP contribution in [0.5, 0.6) is 0 Å². The van der Waals surface area contributed by atoms with Gasteiger partial charge in [0.15, 0.2) is 0 Å². The summed E-state index contributed by atoms with van der Waals surface area (Å²) in [7, 11) is 0. The minimum absolute atomic E-state index is 0.0228. The summed E-state index contributed by atoms with van der Waals surface area (Å²) >= 11 is 0. The molecule has 5 heteroatoms. The van der Waals surface area contributed by atoms with Crippen LogP contribution in [-0.2, 0) is 14.4 Å². The van der Waals surface area contributed by atoms with Crippen molar-refractivity contribution >= 4 is 17.7 Å². The second-order valence-electron chi connectivity index (χ2n) is 9.83. The predicted molar refractivity (Wildman–Crippen MR) is 108 cm³/mol. The summed E-state index contributed by atoms with van der Waals surface area (Å²) in [5, 5.41) is 9.17. The Bertz CT molecular complexity index is 643. The number of amides is 1. The summed E-state index contributed by atoms with van der Waals surface area (Å²) < 4.78 is 0. The topological polar surface area (TPSA) is 74.7 Å². The highest BCUT2D eigenvalue weighted by Crippen LogP contribution is 2.64. The number of ketones is 1. The molecule has 0 radical (unpaired) electrons. The maximum atomic E-state index is 13.2. The predicted octanol–water partition coefficient (Wildman–Crippen LogP) is 4.15. The van der Waals surface area contributed by atoms with Crippen molar-refractivity contribution < 1.29 is 19.5 Å². The summed E-state index contributed by atoms with van der Waals surface area (Å²) in [5.41, 5.74) is -0.488. The summed E-state index contributed by atoms with van der Waals surface area (Å²) in [4.78, 5) is 39.2. The minimum atomic E-state index is -0.817. The first kappa shape index (κ1) is 21.3. The summed E-state index contributed by atoms with van der Waals surface area (Å²) in [6.07, 6.45) is 5.95. The number of nitrogens with zero attached hydrogens (tertiary/aromatic N) is 1. The molecule has 0 spiro atoms. The molecule has 0 aromatic heterocycles. The van der Waals surface area contributed by atoms with Gasteiger partial charge in [0.25, 0.3) is 0 Å². The molecule has 6 atom stereocenters. The molecule has 5 nitrogen and oxygen atoms in total. The quantitative estimate of drug-likeness (QED) is 0.738. The van der Waals surface area contributed by atoms with Crippen molar-refractivity contribution in [1.29, 1.82) is 0 Å². The Kier molecular flexibility index (Phi) is 5.94. The maximum absolute atomic E-state index is 13.2. The molecule has 0 aromatic rings. The lowest BCUT2D eigenvalue weighted by atomic mass is 9.48. The number of Topliss-reactive ketones (excluding diaryl/α,β-unsaturated/α-hetero) is 1. The molecule has 0 heterocycles. The number of hydrogen-bond donors (Lipinski definition) is 1. The first-order valence-corrected chi connectivity index (χ1v) is 11.2.